The van der Waals surface area contributed by atoms with Gasteiger partial charge in [-0.15, -0.1) is 0 Å². The molecule has 2 heterocycles. The van der Waals surface area contributed by atoms with E-state index in [2.05, 4.69) is 20.9 Å². The zero-order valence-electron chi connectivity index (χ0n) is 12.1. The van der Waals surface area contributed by atoms with E-state index in [4.69, 9.17) is 4.74 Å². The predicted molar refractivity (Wildman–Crippen MR) is 84.8 cm³/mol. The Morgan fingerprint density at radius 1 is 1.24 bits per heavy atom. The SMILES string of the molecule is COc1ccc2c(c1)C(C)(C)N(c1cncc(Br)c1)C2=O. The molecule has 4 nitrogen and oxygen atoms in total. The summed E-state index contributed by atoms with van der Waals surface area (Å²) in [4.78, 5) is 18.7. The fraction of sp³-hybridized carbons (Fsp3) is 0.250. The summed E-state index contributed by atoms with van der Waals surface area (Å²) in [7, 11) is 1.63. The molecular formula is C16H15BrN2O2. The molecule has 108 valence electrons. The number of halogens is 1. The summed E-state index contributed by atoms with van der Waals surface area (Å²) >= 11 is 3.40. The largest absolute Gasteiger partial charge is 0.497 e. The monoisotopic (exact) mass is 346 g/mol. The molecule has 0 atom stereocenters. The number of ether oxygens (including phenoxy) is 1. The normalized spacial score (nSPS) is 16.0. The number of amides is 1. The lowest BCUT2D eigenvalue weighted by molar-refractivity contribution is 0.0982. The van der Waals surface area contributed by atoms with Crippen molar-refractivity contribution in [3.05, 3.63) is 52.3 Å². The van der Waals surface area contributed by atoms with Gasteiger partial charge in [0, 0.05) is 16.2 Å². The third kappa shape index (κ3) is 2.12. The van der Waals surface area contributed by atoms with Crippen molar-refractivity contribution >= 4 is 27.5 Å². The molecule has 0 saturated heterocycles. The highest BCUT2D eigenvalue weighted by Gasteiger charge is 2.44. The maximum absolute atomic E-state index is 12.8. The first-order valence-electron chi connectivity index (χ1n) is 6.59. The molecule has 21 heavy (non-hydrogen) atoms. The van der Waals surface area contributed by atoms with Crippen LogP contribution in [0.25, 0.3) is 0 Å². The Bertz CT molecular complexity index is 728. The molecule has 0 bridgehead atoms. The zero-order chi connectivity index (χ0) is 15.2. The summed E-state index contributed by atoms with van der Waals surface area (Å²) in [6.45, 7) is 4.05. The highest BCUT2D eigenvalue weighted by molar-refractivity contribution is 9.10. The number of fused-ring (bicyclic) bond motifs is 1. The predicted octanol–water partition coefficient (Wildman–Crippen LogP) is 3.75. The van der Waals surface area contributed by atoms with Gasteiger partial charge in [0.05, 0.1) is 24.5 Å². The standard InChI is InChI=1S/C16H15BrN2O2/c1-16(2)14-7-12(21-3)4-5-13(14)15(20)19(16)11-6-10(17)8-18-9-11/h4-9H,1-3H3. The van der Waals surface area contributed by atoms with E-state index in [1.54, 1.807) is 24.4 Å². The van der Waals surface area contributed by atoms with Crippen LogP contribution in [0.15, 0.2) is 41.1 Å². The molecule has 3 rings (SSSR count). The topological polar surface area (TPSA) is 42.4 Å². The van der Waals surface area contributed by atoms with Crippen molar-refractivity contribution in [1.82, 2.24) is 4.98 Å². The summed E-state index contributed by atoms with van der Waals surface area (Å²) in [6.07, 6.45) is 3.40. The molecule has 5 heteroatoms. The van der Waals surface area contributed by atoms with E-state index in [1.165, 1.54) is 0 Å². The van der Waals surface area contributed by atoms with Crippen LogP contribution in [0.5, 0.6) is 5.75 Å². The Kier molecular flexibility index (Phi) is 3.24. The smallest absolute Gasteiger partial charge is 0.259 e. The second kappa shape index (κ2) is 4.84. The minimum Gasteiger partial charge on any atom is -0.497 e. The van der Waals surface area contributed by atoms with Crippen LogP contribution in [0, 0.1) is 0 Å². The Labute approximate surface area is 131 Å². The Balaban J connectivity index is 2.15. The number of methoxy groups -OCH3 is 1. The van der Waals surface area contributed by atoms with E-state index in [-0.39, 0.29) is 5.91 Å². The van der Waals surface area contributed by atoms with Gasteiger partial charge in [-0.2, -0.15) is 0 Å². The van der Waals surface area contributed by atoms with Crippen LogP contribution in [0.2, 0.25) is 0 Å². The van der Waals surface area contributed by atoms with Gasteiger partial charge in [0.15, 0.2) is 0 Å². The van der Waals surface area contributed by atoms with Gasteiger partial charge in [0.1, 0.15) is 5.75 Å². The first-order valence-corrected chi connectivity index (χ1v) is 7.38. The van der Waals surface area contributed by atoms with E-state index in [9.17, 15) is 4.79 Å². The van der Waals surface area contributed by atoms with Gasteiger partial charge < -0.3 is 4.74 Å². The fourth-order valence-electron chi connectivity index (χ4n) is 2.80. The highest BCUT2D eigenvalue weighted by Crippen LogP contribution is 2.43. The van der Waals surface area contributed by atoms with Crippen molar-refractivity contribution in [2.24, 2.45) is 0 Å². The van der Waals surface area contributed by atoms with Gasteiger partial charge in [-0.05, 0) is 59.6 Å². The number of carbonyl (C=O) groups is 1. The summed E-state index contributed by atoms with van der Waals surface area (Å²) in [5.41, 5.74) is 1.99. The van der Waals surface area contributed by atoms with Crippen LogP contribution in [0.1, 0.15) is 29.8 Å². The van der Waals surface area contributed by atoms with E-state index >= 15 is 0 Å². The molecule has 1 aromatic carbocycles. The summed E-state index contributed by atoms with van der Waals surface area (Å²) in [5.74, 6) is 0.737. The molecule has 0 spiro atoms. The number of hydrogen-bond acceptors (Lipinski definition) is 3. The van der Waals surface area contributed by atoms with Crippen LogP contribution in [0.4, 0.5) is 5.69 Å². The first-order chi connectivity index (χ1) is 9.95. The minimum absolute atomic E-state index is 0.0162. The van der Waals surface area contributed by atoms with Crippen LogP contribution in [-0.4, -0.2) is 18.0 Å². The lowest BCUT2D eigenvalue weighted by atomic mass is 9.93. The van der Waals surface area contributed by atoms with Gasteiger partial charge in [-0.25, -0.2) is 0 Å². The molecule has 0 aliphatic carbocycles. The van der Waals surface area contributed by atoms with Gasteiger partial charge in [0.2, 0.25) is 0 Å². The van der Waals surface area contributed by atoms with Gasteiger partial charge in [0.25, 0.3) is 5.91 Å². The quantitative estimate of drug-likeness (QED) is 0.831. The number of benzene rings is 1. The molecule has 1 aromatic heterocycles. The Morgan fingerprint density at radius 3 is 2.67 bits per heavy atom. The Morgan fingerprint density at radius 2 is 2.00 bits per heavy atom. The fourth-order valence-corrected chi connectivity index (χ4v) is 3.15. The van der Waals surface area contributed by atoms with E-state index < -0.39 is 5.54 Å². The third-order valence-corrected chi connectivity index (χ3v) is 4.26. The second-order valence-corrected chi connectivity index (χ2v) is 6.39. The van der Waals surface area contributed by atoms with Crippen LogP contribution in [-0.2, 0) is 5.54 Å². The molecule has 0 saturated carbocycles. The number of pyridine rings is 1. The second-order valence-electron chi connectivity index (χ2n) is 5.47. The average Bonchev–Trinajstić information content (AvgIpc) is 2.65. The Hall–Kier alpha value is -1.88. The number of hydrogen-bond donors (Lipinski definition) is 0. The molecule has 1 aliphatic rings. The maximum atomic E-state index is 12.8. The van der Waals surface area contributed by atoms with E-state index in [0.29, 0.717) is 5.56 Å². The van der Waals surface area contributed by atoms with Crippen LogP contribution in [0.3, 0.4) is 0 Å². The maximum Gasteiger partial charge on any atom is 0.259 e. The summed E-state index contributed by atoms with van der Waals surface area (Å²) < 4.78 is 6.12. The van der Waals surface area contributed by atoms with Crippen molar-refractivity contribution in [3.8, 4) is 5.75 Å². The molecule has 1 aliphatic heterocycles. The summed E-state index contributed by atoms with van der Waals surface area (Å²) in [6, 6.07) is 7.47. The van der Waals surface area contributed by atoms with Crippen molar-refractivity contribution in [2.75, 3.05) is 12.0 Å². The molecular weight excluding hydrogens is 332 g/mol. The average molecular weight is 347 g/mol. The lowest BCUT2D eigenvalue weighted by Crippen LogP contribution is -2.39. The number of carbonyl (C=O) groups excluding carboxylic acids is 1. The van der Waals surface area contributed by atoms with Crippen LogP contribution >= 0.6 is 15.9 Å². The van der Waals surface area contributed by atoms with Gasteiger partial charge >= 0.3 is 0 Å². The highest BCUT2D eigenvalue weighted by atomic mass is 79.9. The first kappa shape index (κ1) is 14.1. The molecule has 0 radical (unpaired) electrons. The molecule has 0 fully saturated rings. The third-order valence-electron chi connectivity index (χ3n) is 3.83. The number of rotatable bonds is 2. The molecule has 0 unspecified atom stereocenters. The van der Waals surface area contributed by atoms with Gasteiger partial charge in [-0.3, -0.25) is 14.7 Å². The van der Waals surface area contributed by atoms with Crippen molar-refractivity contribution < 1.29 is 9.53 Å². The van der Waals surface area contributed by atoms with Crippen molar-refractivity contribution in [3.63, 3.8) is 0 Å². The van der Waals surface area contributed by atoms with Crippen molar-refractivity contribution in [2.45, 2.75) is 19.4 Å². The number of aromatic nitrogens is 1. The minimum atomic E-state index is -0.455. The van der Waals surface area contributed by atoms with Crippen LogP contribution < -0.4 is 9.64 Å². The van der Waals surface area contributed by atoms with E-state index in [0.717, 1.165) is 21.5 Å². The molecule has 2 aromatic rings. The van der Waals surface area contributed by atoms with Crippen molar-refractivity contribution in [1.29, 1.82) is 0 Å². The lowest BCUT2D eigenvalue weighted by Gasteiger charge is -2.32. The van der Waals surface area contributed by atoms with Gasteiger partial charge in [-0.1, -0.05) is 0 Å². The molecule has 1 amide bonds. The molecule has 0 N–H and O–H groups in total. The number of nitrogens with zero attached hydrogens (tertiary/aromatic N) is 2. The summed E-state index contributed by atoms with van der Waals surface area (Å²) in [5, 5.41) is 0. The zero-order valence-corrected chi connectivity index (χ0v) is 13.6. The number of anilines is 1. The van der Waals surface area contributed by atoms with E-state index in [1.807, 2.05) is 38.1 Å².